The zero-order valence-electron chi connectivity index (χ0n) is 19.4. The van der Waals surface area contributed by atoms with Crippen LogP contribution in [0.4, 0.5) is 17.1 Å². The van der Waals surface area contributed by atoms with Gasteiger partial charge in [0.05, 0.1) is 34.9 Å². The molecule has 3 aromatic rings. The second kappa shape index (κ2) is 10.9. The van der Waals surface area contributed by atoms with E-state index >= 15 is 0 Å². The summed E-state index contributed by atoms with van der Waals surface area (Å²) in [6, 6.07) is 16.3. The first-order chi connectivity index (χ1) is 16.6. The standard InChI is InChI=1S/C24H25N3O7S/c1-4-34-20-10-12-21(13-11-20)35(31,32)26(18-7-5-17(2)6-8-18)16-24(28)25-22-15-19(27(29)30)9-14-23(22)33-3/h5-15H,4,16H2,1-3H3,(H,25,28). The molecular weight excluding hydrogens is 474 g/mol. The number of amides is 1. The molecule has 0 aliphatic carbocycles. The molecular formula is C24H25N3O7S. The van der Waals surface area contributed by atoms with Crippen molar-refractivity contribution in [3.8, 4) is 11.5 Å². The first-order valence-corrected chi connectivity index (χ1v) is 12.0. The summed E-state index contributed by atoms with van der Waals surface area (Å²) >= 11 is 0. The van der Waals surface area contributed by atoms with Crippen molar-refractivity contribution in [2.75, 3.05) is 29.9 Å². The number of carbonyl (C=O) groups is 1. The lowest BCUT2D eigenvalue weighted by molar-refractivity contribution is -0.384. The van der Waals surface area contributed by atoms with E-state index in [2.05, 4.69) is 5.32 Å². The maximum Gasteiger partial charge on any atom is 0.271 e. The Labute approximate surface area is 203 Å². The Morgan fingerprint density at radius 1 is 1.06 bits per heavy atom. The summed E-state index contributed by atoms with van der Waals surface area (Å²) in [5.41, 5.74) is 0.996. The molecule has 0 bridgehead atoms. The minimum atomic E-state index is -4.15. The van der Waals surface area contributed by atoms with Crippen LogP contribution in [0, 0.1) is 17.0 Å². The molecule has 3 rings (SSSR count). The fourth-order valence-corrected chi connectivity index (χ4v) is 4.68. The number of ether oxygens (including phenoxy) is 2. The van der Waals surface area contributed by atoms with E-state index in [-0.39, 0.29) is 27.7 Å². The zero-order chi connectivity index (χ0) is 25.6. The van der Waals surface area contributed by atoms with Crippen LogP contribution in [-0.2, 0) is 14.8 Å². The molecule has 184 valence electrons. The van der Waals surface area contributed by atoms with Crippen molar-refractivity contribution in [1.82, 2.24) is 0 Å². The van der Waals surface area contributed by atoms with E-state index in [1.54, 1.807) is 24.3 Å². The van der Waals surface area contributed by atoms with Crippen LogP contribution in [0.2, 0.25) is 0 Å². The van der Waals surface area contributed by atoms with Gasteiger partial charge in [-0.25, -0.2) is 8.42 Å². The van der Waals surface area contributed by atoms with Crippen molar-refractivity contribution in [1.29, 1.82) is 0 Å². The highest BCUT2D eigenvalue weighted by molar-refractivity contribution is 7.92. The SMILES string of the molecule is CCOc1ccc(S(=O)(=O)N(CC(=O)Nc2cc([N+](=O)[O-])ccc2OC)c2ccc(C)cc2)cc1. The molecule has 0 spiro atoms. The normalized spacial score (nSPS) is 10.9. The molecule has 0 unspecified atom stereocenters. The number of aryl methyl sites for hydroxylation is 1. The van der Waals surface area contributed by atoms with Crippen LogP contribution in [0.15, 0.2) is 71.6 Å². The van der Waals surface area contributed by atoms with Gasteiger partial charge >= 0.3 is 0 Å². The number of nitrogens with one attached hydrogen (secondary N) is 1. The molecule has 1 amide bonds. The van der Waals surface area contributed by atoms with E-state index in [4.69, 9.17) is 9.47 Å². The predicted molar refractivity (Wildman–Crippen MR) is 132 cm³/mol. The monoisotopic (exact) mass is 499 g/mol. The lowest BCUT2D eigenvalue weighted by Crippen LogP contribution is -2.38. The smallest absolute Gasteiger partial charge is 0.271 e. The van der Waals surface area contributed by atoms with Gasteiger partial charge in [-0.3, -0.25) is 19.2 Å². The lowest BCUT2D eigenvalue weighted by atomic mass is 10.2. The summed E-state index contributed by atoms with van der Waals surface area (Å²) in [6.07, 6.45) is 0. The number of methoxy groups -OCH3 is 1. The van der Waals surface area contributed by atoms with E-state index in [9.17, 15) is 23.3 Å². The maximum absolute atomic E-state index is 13.5. The third-order valence-corrected chi connectivity index (χ3v) is 6.79. The van der Waals surface area contributed by atoms with Crippen LogP contribution >= 0.6 is 0 Å². The second-order valence-corrected chi connectivity index (χ2v) is 9.30. The van der Waals surface area contributed by atoms with Crippen LogP contribution in [-0.4, -0.2) is 39.5 Å². The number of nitrogens with zero attached hydrogens (tertiary/aromatic N) is 2. The molecule has 35 heavy (non-hydrogen) atoms. The van der Waals surface area contributed by atoms with Gasteiger partial charge in [-0.15, -0.1) is 0 Å². The lowest BCUT2D eigenvalue weighted by Gasteiger charge is -2.24. The first kappa shape index (κ1) is 25.5. The Hall–Kier alpha value is -4.12. The van der Waals surface area contributed by atoms with E-state index in [1.165, 1.54) is 43.5 Å². The number of hydrogen-bond donors (Lipinski definition) is 1. The minimum absolute atomic E-state index is 0.0257. The Morgan fingerprint density at radius 3 is 2.29 bits per heavy atom. The highest BCUT2D eigenvalue weighted by Crippen LogP contribution is 2.30. The van der Waals surface area contributed by atoms with E-state index in [0.29, 0.717) is 12.4 Å². The van der Waals surface area contributed by atoms with Gasteiger partial charge in [0.2, 0.25) is 5.91 Å². The summed E-state index contributed by atoms with van der Waals surface area (Å²) in [5, 5.41) is 13.7. The van der Waals surface area contributed by atoms with Crippen molar-refractivity contribution >= 4 is 33.0 Å². The van der Waals surface area contributed by atoms with Crippen molar-refractivity contribution in [2.24, 2.45) is 0 Å². The number of non-ortho nitro benzene ring substituents is 1. The summed E-state index contributed by atoms with van der Waals surface area (Å²) in [7, 11) is -2.79. The van der Waals surface area contributed by atoms with E-state index in [1.807, 2.05) is 13.8 Å². The fourth-order valence-electron chi connectivity index (χ4n) is 3.26. The Morgan fingerprint density at radius 2 is 1.71 bits per heavy atom. The molecule has 3 aromatic carbocycles. The van der Waals surface area contributed by atoms with Crippen LogP contribution in [0.1, 0.15) is 12.5 Å². The molecule has 11 heteroatoms. The second-order valence-electron chi connectivity index (χ2n) is 7.44. The van der Waals surface area contributed by atoms with Crippen LogP contribution in [0.25, 0.3) is 0 Å². The van der Waals surface area contributed by atoms with Crippen molar-refractivity contribution in [2.45, 2.75) is 18.7 Å². The molecule has 0 aliphatic rings. The Bertz CT molecular complexity index is 1310. The number of carbonyl (C=O) groups excluding carboxylic acids is 1. The Balaban J connectivity index is 1.95. The van der Waals surface area contributed by atoms with Gasteiger partial charge < -0.3 is 14.8 Å². The van der Waals surface area contributed by atoms with Crippen molar-refractivity contribution in [3.05, 3.63) is 82.4 Å². The van der Waals surface area contributed by atoms with E-state index in [0.717, 1.165) is 15.9 Å². The summed E-state index contributed by atoms with van der Waals surface area (Å²) < 4.78 is 38.6. The number of benzene rings is 3. The number of nitro benzene ring substituents is 1. The van der Waals surface area contributed by atoms with Gasteiger partial charge in [-0.05, 0) is 56.3 Å². The number of rotatable bonds is 10. The van der Waals surface area contributed by atoms with Crippen LogP contribution < -0.4 is 19.1 Å². The molecule has 0 saturated heterocycles. The summed E-state index contributed by atoms with van der Waals surface area (Å²) in [6.45, 7) is 3.53. The summed E-state index contributed by atoms with van der Waals surface area (Å²) in [5.74, 6) is 0.00272. The van der Waals surface area contributed by atoms with Crippen LogP contribution in [0.3, 0.4) is 0 Å². The minimum Gasteiger partial charge on any atom is -0.495 e. The molecule has 1 N–H and O–H groups in total. The fraction of sp³-hybridized carbons (Fsp3) is 0.208. The highest BCUT2D eigenvalue weighted by Gasteiger charge is 2.28. The largest absolute Gasteiger partial charge is 0.495 e. The molecule has 0 fully saturated rings. The van der Waals surface area contributed by atoms with Crippen molar-refractivity contribution in [3.63, 3.8) is 0 Å². The van der Waals surface area contributed by atoms with Crippen molar-refractivity contribution < 1.29 is 27.6 Å². The van der Waals surface area contributed by atoms with E-state index < -0.39 is 27.4 Å². The predicted octanol–water partition coefficient (Wildman–Crippen LogP) is 4.14. The molecule has 0 radical (unpaired) electrons. The number of sulfonamides is 1. The quantitative estimate of drug-likeness (QED) is 0.328. The average molecular weight is 500 g/mol. The molecule has 0 aromatic heterocycles. The maximum atomic E-state index is 13.5. The molecule has 0 heterocycles. The molecule has 0 aliphatic heterocycles. The third-order valence-electron chi connectivity index (χ3n) is 5.00. The number of anilines is 2. The van der Waals surface area contributed by atoms with Gasteiger partial charge in [0.25, 0.3) is 15.7 Å². The zero-order valence-corrected chi connectivity index (χ0v) is 20.2. The van der Waals surface area contributed by atoms with Gasteiger partial charge in [-0.2, -0.15) is 0 Å². The van der Waals surface area contributed by atoms with Gasteiger partial charge in [0, 0.05) is 12.1 Å². The topological polar surface area (TPSA) is 128 Å². The number of nitro groups is 1. The third kappa shape index (κ3) is 6.07. The Kier molecular flexibility index (Phi) is 7.92. The van der Waals surface area contributed by atoms with Gasteiger partial charge in [0.15, 0.2) is 0 Å². The highest BCUT2D eigenvalue weighted by atomic mass is 32.2. The first-order valence-electron chi connectivity index (χ1n) is 10.6. The average Bonchev–Trinajstić information content (AvgIpc) is 2.83. The van der Waals surface area contributed by atoms with Gasteiger partial charge in [-0.1, -0.05) is 17.7 Å². The van der Waals surface area contributed by atoms with Gasteiger partial charge in [0.1, 0.15) is 18.0 Å². The van der Waals surface area contributed by atoms with Crippen LogP contribution in [0.5, 0.6) is 11.5 Å². The number of hydrogen-bond acceptors (Lipinski definition) is 7. The summed E-state index contributed by atoms with van der Waals surface area (Å²) in [4.78, 5) is 23.5. The molecule has 0 saturated carbocycles. The molecule has 10 nitrogen and oxygen atoms in total. The molecule has 0 atom stereocenters.